The molecule has 1 aliphatic carbocycles. The van der Waals surface area contributed by atoms with Gasteiger partial charge in [0.25, 0.3) is 0 Å². The molecule has 0 spiro atoms. The average molecular weight is 259 g/mol. The summed E-state index contributed by atoms with van der Waals surface area (Å²) >= 11 is 0. The minimum Gasteiger partial charge on any atom is -0.466 e. The normalized spacial score (nSPS) is 29.6. The molecule has 1 aromatic rings. The molecular weight excluding hydrogens is 238 g/mol. The summed E-state index contributed by atoms with van der Waals surface area (Å²) in [5, 5.41) is 0. The number of carbonyl (C=O) groups is 1. The first-order valence-electron chi connectivity index (χ1n) is 7.13. The van der Waals surface area contributed by atoms with Crippen LogP contribution in [0.2, 0.25) is 0 Å². The van der Waals surface area contributed by atoms with Crippen LogP contribution in [0.1, 0.15) is 25.3 Å². The molecular formula is C16H21NO2. The Morgan fingerprint density at radius 1 is 1.32 bits per heavy atom. The highest BCUT2D eigenvalue weighted by Crippen LogP contribution is 2.42. The van der Waals surface area contributed by atoms with Crippen molar-refractivity contribution >= 4 is 5.97 Å². The molecule has 0 aromatic heterocycles. The number of ether oxygens (including phenoxy) is 1. The fourth-order valence-corrected chi connectivity index (χ4v) is 3.68. The first-order valence-corrected chi connectivity index (χ1v) is 7.13. The van der Waals surface area contributed by atoms with Gasteiger partial charge in [-0.05, 0) is 24.3 Å². The van der Waals surface area contributed by atoms with Crippen molar-refractivity contribution in [2.45, 2.75) is 32.4 Å². The lowest BCUT2D eigenvalue weighted by Gasteiger charge is -2.32. The van der Waals surface area contributed by atoms with E-state index in [0.717, 1.165) is 12.5 Å². The largest absolute Gasteiger partial charge is 0.466 e. The predicted octanol–water partition coefficient (Wildman–Crippen LogP) is 2.46. The first-order chi connectivity index (χ1) is 9.22. The number of piperidine rings is 1. The van der Waals surface area contributed by atoms with Crippen LogP contribution in [0.3, 0.4) is 0 Å². The average Bonchev–Trinajstić information content (AvgIpc) is 2.97. The summed E-state index contributed by atoms with van der Waals surface area (Å²) in [6, 6.07) is 11.2. The van der Waals surface area contributed by atoms with Gasteiger partial charge in [-0.15, -0.1) is 0 Å². The Balaban J connectivity index is 1.60. The van der Waals surface area contributed by atoms with Crippen molar-refractivity contribution in [1.82, 2.24) is 4.90 Å². The molecule has 1 saturated carbocycles. The predicted molar refractivity (Wildman–Crippen MR) is 73.5 cm³/mol. The number of fused-ring (bicyclic) bond motifs is 2. The molecule has 3 nitrogen and oxygen atoms in total. The number of rotatable bonds is 4. The second-order valence-electron chi connectivity index (χ2n) is 5.88. The van der Waals surface area contributed by atoms with Gasteiger partial charge in [-0.2, -0.15) is 0 Å². The summed E-state index contributed by atoms with van der Waals surface area (Å²) in [5.41, 5.74) is 1.38. The van der Waals surface area contributed by atoms with Gasteiger partial charge in [-0.3, -0.25) is 9.69 Å². The SMILES string of the molecule is CC(=O)OCC1CC2CC1N(Cc1ccccc1)C2. The third-order valence-corrected chi connectivity index (χ3v) is 4.45. The van der Waals surface area contributed by atoms with Crippen molar-refractivity contribution in [3.8, 4) is 0 Å². The van der Waals surface area contributed by atoms with Gasteiger partial charge in [0.05, 0.1) is 6.61 Å². The zero-order valence-electron chi connectivity index (χ0n) is 11.4. The zero-order valence-corrected chi connectivity index (χ0v) is 11.4. The van der Waals surface area contributed by atoms with Gasteiger partial charge in [0.2, 0.25) is 0 Å². The van der Waals surface area contributed by atoms with Crippen molar-refractivity contribution < 1.29 is 9.53 Å². The molecule has 19 heavy (non-hydrogen) atoms. The van der Waals surface area contributed by atoms with Crippen LogP contribution in [0.15, 0.2) is 30.3 Å². The third-order valence-electron chi connectivity index (χ3n) is 4.45. The van der Waals surface area contributed by atoms with E-state index in [-0.39, 0.29) is 5.97 Å². The van der Waals surface area contributed by atoms with Gasteiger partial charge in [0.15, 0.2) is 0 Å². The van der Waals surface area contributed by atoms with Gasteiger partial charge in [0.1, 0.15) is 0 Å². The first kappa shape index (κ1) is 12.7. The fourth-order valence-electron chi connectivity index (χ4n) is 3.68. The summed E-state index contributed by atoms with van der Waals surface area (Å²) in [4.78, 5) is 13.5. The molecule has 1 aliphatic heterocycles. The highest BCUT2D eigenvalue weighted by atomic mass is 16.5. The van der Waals surface area contributed by atoms with Crippen molar-refractivity contribution in [2.24, 2.45) is 11.8 Å². The minimum atomic E-state index is -0.155. The topological polar surface area (TPSA) is 29.5 Å². The van der Waals surface area contributed by atoms with E-state index in [1.165, 1.54) is 31.9 Å². The number of carbonyl (C=O) groups excluding carboxylic acids is 1. The van der Waals surface area contributed by atoms with Crippen LogP contribution >= 0.6 is 0 Å². The molecule has 0 radical (unpaired) electrons. The van der Waals surface area contributed by atoms with E-state index in [1.54, 1.807) is 0 Å². The molecule has 3 unspecified atom stereocenters. The second-order valence-corrected chi connectivity index (χ2v) is 5.88. The summed E-state index contributed by atoms with van der Waals surface area (Å²) in [7, 11) is 0. The Bertz CT molecular complexity index is 445. The number of hydrogen-bond donors (Lipinski definition) is 0. The molecule has 2 fully saturated rings. The molecule has 1 aromatic carbocycles. The molecule has 3 atom stereocenters. The molecule has 0 amide bonds. The minimum absolute atomic E-state index is 0.155. The van der Waals surface area contributed by atoms with E-state index in [4.69, 9.17) is 4.74 Å². The van der Waals surface area contributed by atoms with Crippen LogP contribution in [0, 0.1) is 11.8 Å². The van der Waals surface area contributed by atoms with Crippen molar-refractivity contribution in [3.63, 3.8) is 0 Å². The van der Waals surface area contributed by atoms with Crippen molar-refractivity contribution in [2.75, 3.05) is 13.2 Å². The lowest BCUT2D eigenvalue weighted by atomic mass is 9.98. The number of hydrogen-bond acceptors (Lipinski definition) is 3. The Labute approximate surface area is 114 Å². The molecule has 2 bridgehead atoms. The van der Waals surface area contributed by atoms with Crippen LogP contribution in [-0.4, -0.2) is 30.1 Å². The van der Waals surface area contributed by atoms with Crippen LogP contribution in [-0.2, 0) is 16.1 Å². The number of likely N-dealkylation sites (tertiary alicyclic amines) is 1. The maximum atomic E-state index is 10.9. The number of esters is 1. The van der Waals surface area contributed by atoms with Gasteiger partial charge < -0.3 is 4.74 Å². The smallest absolute Gasteiger partial charge is 0.302 e. The lowest BCUT2D eigenvalue weighted by molar-refractivity contribution is -0.143. The van der Waals surface area contributed by atoms with E-state index in [9.17, 15) is 4.79 Å². The summed E-state index contributed by atoms with van der Waals surface area (Å²) in [6.07, 6.45) is 2.50. The summed E-state index contributed by atoms with van der Waals surface area (Å²) in [5.74, 6) is 1.18. The maximum absolute atomic E-state index is 10.9. The number of benzene rings is 1. The Morgan fingerprint density at radius 3 is 2.79 bits per heavy atom. The van der Waals surface area contributed by atoms with Crippen LogP contribution < -0.4 is 0 Å². The maximum Gasteiger partial charge on any atom is 0.302 e. The molecule has 1 saturated heterocycles. The van der Waals surface area contributed by atoms with Crippen LogP contribution in [0.25, 0.3) is 0 Å². The highest BCUT2D eigenvalue weighted by molar-refractivity contribution is 5.65. The summed E-state index contributed by atoms with van der Waals surface area (Å²) in [6.45, 7) is 4.32. The van der Waals surface area contributed by atoms with Crippen LogP contribution in [0.5, 0.6) is 0 Å². The molecule has 3 rings (SSSR count). The lowest BCUT2D eigenvalue weighted by Crippen LogP contribution is -2.39. The van der Waals surface area contributed by atoms with Crippen LogP contribution in [0.4, 0.5) is 0 Å². The molecule has 1 heterocycles. The van der Waals surface area contributed by atoms with Crippen molar-refractivity contribution in [1.29, 1.82) is 0 Å². The fraction of sp³-hybridized carbons (Fsp3) is 0.562. The molecule has 2 aliphatic rings. The quantitative estimate of drug-likeness (QED) is 0.778. The van der Waals surface area contributed by atoms with E-state index in [2.05, 4.69) is 35.2 Å². The Kier molecular flexibility index (Phi) is 3.56. The Hall–Kier alpha value is -1.35. The standard InChI is InChI=1S/C16H21NO2/c1-12(18)19-11-15-7-14-8-16(15)17(10-14)9-13-5-3-2-4-6-13/h2-6,14-16H,7-11H2,1H3. The van der Waals surface area contributed by atoms with E-state index >= 15 is 0 Å². The third kappa shape index (κ3) is 2.81. The Morgan fingerprint density at radius 2 is 2.11 bits per heavy atom. The molecule has 102 valence electrons. The van der Waals surface area contributed by atoms with Gasteiger partial charge >= 0.3 is 5.97 Å². The van der Waals surface area contributed by atoms with Gasteiger partial charge in [0, 0.05) is 32.0 Å². The van der Waals surface area contributed by atoms with Gasteiger partial charge in [-0.1, -0.05) is 30.3 Å². The molecule has 0 N–H and O–H groups in total. The zero-order chi connectivity index (χ0) is 13.2. The monoisotopic (exact) mass is 259 g/mol. The number of nitrogens with zero attached hydrogens (tertiary/aromatic N) is 1. The van der Waals surface area contributed by atoms with E-state index in [0.29, 0.717) is 18.6 Å². The van der Waals surface area contributed by atoms with Gasteiger partial charge in [-0.25, -0.2) is 0 Å². The van der Waals surface area contributed by atoms with Crippen molar-refractivity contribution in [3.05, 3.63) is 35.9 Å². The highest BCUT2D eigenvalue weighted by Gasteiger charge is 2.44. The summed E-state index contributed by atoms with van der Waals surface area (Å²) < 4.78 is 5.21. The van der Waals surface area contributed by atoms with E-state index < -0.39 is 0 Å². The second kappa shape index (κ2) is 5.33. The molecule has 3 heteroatoms. The van der Waals surface area contributed by atoms with E-state index in [1.807, 2.05) is 0 Å².